The van der Waals surface area contributed by atoms with Gasteiger partial charge in [-0.15, -0.1) is 0 Å². The molecule has 0 aromatic carbocycles. The van der Waals surface area contributed by atoms with Crippen LogP contribution >= 0.6 is 0 Å². The number of ketones is 2. The maximum Gasteiger partial charge on any atom is 0.178 e. The predicted molar refractivity (Wildman–Crippen MR) is 106 cm³/mol. The summed E-state index contributed by atoms with van der Waals surface area (Å²) < 4.78 is 6.30. The molecule has 0 bridgehead atoms. The number of hydrogen-bond donors (Lipinski definition) is 0. The average molecular weight is 369 g/mol. The lowest BCUT2D eigenvalue weighted by Gasteiger charge is -2.57. The lowest BCUT2D eigenvalue weighted by molar-refractivity contribution is -0.133. The van der Waals surface area contributed by atoms with E-state index in [1.54, 1.807) is 6.08 Å². The van der Waals surface area contributed by atoms with Gasteiger partial charge in [-0.25, -0.2) is 0 Å². The first kappa shape index (κ1) is 18.9. The minimum absolute atomic E-state index is 0.0234. The molecular weight excluding hydrogens is 336 g/mol. The van der Waals surface area contributed by atoms with Gasteiger partial charge in [0.2, 0.25) is 0 Å². The summed E-state index contributed by atoms with van der Waals surface area (Å²) in [5.74, 6) is 2.01. The Morgan fingerprint density at radius 2 is 2.00 bits per heavy atom. The lowest BCUT2D eigenvalue weighted by Crippen LogP contribution is -2.53. The second kappa shape index (κ2) is 6.84. The van der Waals surface area contributed by atoms with Crippen molar-refractivity contribution in [2.45, 2.75) is 65.4 Å². The van der Waals surface area contributed by atoms with Crippen LogP contribution in [0.25, 0.3) is 0 Å². The van der Waals surface area contributed by atoms with Crippen LogP contribution in [0.2, 0.25) is 0 Å². The maximum atomic E-state index is 12.6. The molecule has 3 nitrogen and oxygen atoms in total. The number of hydrogen-bond acceptors (Lipinski definition) is 3. The molecule has 0 saturated heterocycles. The van der Waals surface area contributed by atoms with E-state index < -0.39 is 0 Å². The van der Waals surface area contributed by atoms with Crippen molar-refractivity contribution >= 4 is 11.6 Å². The molecule has 0 spiro atoms. The molecule has 0 aromatic rings. The molecule has 3 heteroatoms. The van der Waals surface area contributed by atoms with Crippen LogP contribution in [0, 0.1) is 28.6 Å². The summed E-state index contributed by atoms with van der Waals surface area (Å²) in [6.45, 7) is 7.20. The number of carbonyl (C=O) groups is 2. The Hall–Kier alpha value is -1.48. The van der Waals surface area contributed by atoms with Gasteiger partial charge in [0.1, 0.15) is 5.78 Å². The number of carbonyl (C=O) groups excluding carboxylic acids is 2. The molecule has 0 aliphatic heterocycles. The average Bonchev–Trinajstić information content (AvgIpc) is 2.95. The molecule has 6 atom stereocenters. The van der Waals surface area contributed by atoms with E-state index in [0.717, 1.165) is 44.1 Å². The van der Waals surface area contributed by atoms with Gasteiger partial charge in [-0.3, -0.25) is 9.59 Å². The van der Waals surface area contributed by atoms with Crippen LogP contribution < -0.4 is 0 Å². The van der Waals surface area contributed by atoms with E-state index >= 15 is 0 Å². The van der Waals surface area contributed by atoms with Crippen molar-refractivity contribution in [2.24, 2.45) is 28.6 Å². The third-order valence-corrected chi connectivity index (χ3v) is 8.06. The van der Waals surface area contributed by atoms with E-state index in [2.05, 4.69) is 39.0 Å². The molecule has 3 fully saturated rings. The zero-order valence-electron chi connectivity index (χ0n) is 16.9. The SMILES string of the molecule is CCC=CCOC1CC2C(CCC3(C)C(=O)CCC23)C2(C)C=CC(=O)C=C12. The van der Waals surface area contributed by atoms with Crippen molar-refractivity contribution in [1.82, 2.24) is 0 Å². The fourth-order valence-corrected chi connectivity index (χ4v) is 6.56. The Morgan fingerprint density at radius 3 is 2.78 bits per heavy atom. The summed E-state index contributed by atoms with van der Waals surface area (Å²) in [4.78, 5) is 24.8. The van der Waals surface area contributed by atoms with E-state index in [0.29, 0.717) is 30.1 Å². The fourth-order valence-electron chi connectivity index (χ4n) is 6.56. The summed E-state index contributed by atoms with van der Waals surface area (Å²) in [5, 5.41) is 0. The van der Waals surface area contributed by atoms with Crippen molar-refractivity contribution in [1.29, 1.82) is 0 Å². The summed E-state index contributed by atoms with van der Waals surface area (Å²) in [6.07, 6.45) is 15.7. The minimum atomic E-state index is -0.139. The largest absolute Gasteiger partial charge is 0.370 e. The van der Waals surface area contributed by atoms with Crippen molar-refractivity contribution in [3.05, 3.63) is 36.0 Å². The highest BCUT2D eigenvalue weighted by atomic mass is 16.5. The van der Waals surface area contributed by atoms with Crippen molar-refractivity contribution in [3.63, 3.8) is 0 Å². The van der Waals surface area contributed by atoms with E-state index in [9.17, 15) is 9.59 Å². The normalized spacial score (nSPS) is 43.4. The van der Waals surface area contributed by atoms with Gasteiger partial charge >= 0.3 is 0 Å². The standard InChI is InChI=1S/C24H32O3/c1-4-5-6-13-27-21-15-17-18-7-8-22(26)24(18,3)12-10-19(17)23(2)11-9-16(25)14-20(21)23/h5-6,9,11,14,17-19,21H,4,7-8,10,12-13,15H2,1-3H3. The van der Waals surface area contributed by atoms with Crippen LogP contribution in [0.3, 0.4) is 0 Å². The van der Waals surface area contributed by atoms with E-state index in [1.807, 2.05) is 6.08 Å². The van der Waals surface area contributed by atoms with E-state index in [1.165, 1.54) is 0 Å². The van der Waals surface area contributed by atoms with Gasteiger partial charge in [-0.2, -0.15) is 0 Å². The van der Waals surface area contributed by atoms with Crippen molar-refractivity contribution < 1.29 is 14.3 Å². The topological polar surface area (TPSA) is 43.4 Å². The predicted octanol–water partition coefficient (Wildman–Crippen LogP) is 4.82. The minimum Gasteiger partial charge on any atom is -0.370 e. The number of ether oxygens (including phenoxy) is 1. The molecule has 0 amide bonds. The monoisotopic (exact) mass is 368 g/mol. The first-order valence-electron chi connectivity index (χ1n) is 10.7. The molecular formula is C24H32O3. The summed E-state index contributed by atoms with van der Waals surface area (Å²) in [5.41, 5.74) is 0.900. The first-order chi connectivity index (χ1) is 12.9. The highest BCUT2D eigenvalue weighted by molar-refractivity contribution is 6.01. The third kappa shape index (κ3) is 2.90. The van der Waals surface area contributed by atoms with Crippen LogP contribution in [0.1, 0.15) is 59.3 Å². The van der Waals surface area contributed by atoms with Crippen LogP contribution in [0.4, 0.5) is 0 Å². The van der Waals surface area contributed by atoms with Crippen LogP contribution in [-0.2, 0) is 14.3 Å². The Kier molecular flexibility index (Phi) is 4.78. The molecule has 27 heavy (non-hydrogen) atoms. The lowest BCUT2D eigenvalue weighted by atomic mass is 9.48. The Morgan fingerprint density at radius 1 is 1.19 bits per heavy atom. The molecule has 0 N–H and O–H groups in total. The zero-order valence-corrected chi connectivity index (χ0v) is 16.9. The van der Waals surface area contributed by atoms with Crippen molar-refractivity contribution in [2.75, 3.05) is 6.61 Å². The molecule has 4 rings (SSSR count). The third-order valence-electron chi connectivity index (χ3n) is 8.06. The molecule has 4 aliphatic rings. The smallest absolute Gasteiger partial charge is 0.178 e. The van der Waals surface area contributed by atoms with Gasteiger partial charge < -0.3 is 4.74 Å². The zero-order chi connectivity index (χ0) is 19.2. The Bertz CT molecular complexity index is 730. The molecule has 4 aliphatic carbocycles. The van der Waals surface area contributed by atoms with Crippen molar-refractivity contribution in [3.8, 4) is 0 Å². The molecule has 0 heterocycles. The first-order valence-corrected chi connectivity index (χ1v) is 10.7. The number of allylic oxidation sites excluding steroid dienone is 4. The second-order valence-electron chi connectivity index (χ2n) is 9.35. The van der Waals surface area contributed by atoms with Crippen LogP contribution in [0.15, 0.2) is 36.0 Å². The summed E-state index contributed by atoms with van der Waals surface area (Å²) in [6, 6.07) is 0. The number of rotatable bonds is 4. The van der Waals surface area contributed by atoms with E-state index in [4.69, 9.17) is 4.74 Å². The molecule has 0 radical (unpaired) electrons. The molecule has 0 aromatic heterocycles. The second-order valence-corrected chi connectivity index (χ2v) is 9.35. The van der Waals surface area contributed by atoms with Gasteiger partial charge in [0.25, 0.3) is 0 Å². The Balaban J connectivity index is 1.67. The molecule has 146 valence electrons. The highest BCUT2D eigenvalue weighted by Crippen LogP contribution is 2.63. The highest BCUT2D eigenvalue weighted by Gasteiger charge is 2.60. The van der Waals surface area contributed by atoms with Gasteiger partial charge in [0.05, 0.1) is 12.7 Å². The van der Waals surface area contributed by atoms with Crippen LogP contribution in [-0.4, -0.2) is 24.3 Å². The van der Waals surface area contributed by atoms with Crippen LogP contribution in [0.5, 0.6) is 0 Å². The summed E-state index contributed by atoms with van der Waals surface area (Å²) in [7, 11) is 0. The van der Waals surface area contributed by atoms with Gasteiger partial charge in [0.15, 0.2) is 5.78 Å². The quantitative estimate of drug-likeness (QED) is 0.668. The number of Topliss-reactive ketones (excluding diaryl/α,β-unsaturated/α-hetero) is 1. The van der Waals surface area contributed by atoms with Gasteiger partial charge in [0, 0.05) is 17.3 Å². The fraction of sp³-hybridized carbons (Fsp3) is 0.667. The molecule has 6 unspecified atom stereocenters. The van der Waals surface area contributed by atoms with Gasteiger partial charge in [-0.1, -0.05) is 39.0 Å². The van der Waals surface area contributed by atoms with E-state index in [-0.39, 0.29) is 22.7 Å². The summed E-state index contributed by atoms with van der Waals surface area (Å²) >= 11 is 0. The van der Waals surface area contributed by atoms with Gasteiger partial charge in [-0.05, 0) is 67.6 Å². The maximum absolute atomic E-state index is 12.6. The Labute approximate surface area is 162 Å². The molecule has 3 saturated carbocycles. The number of fused-ring (bicyclic) bond motifs is 5.